The molecule has 1 aliphatic carbocycles. The van der Waals surface area contributed by atoms with Gasteiger partial charge in [-0.15, -0.1) is 0 Å². The summed E-state index contributed by atoms with van der Waals surface area (Å²) in [6.07, 6.45) is 6.24. The normalized spacial score (nSPS) is 22.8. The number of aromatic nitrogens is 1. The molecule has 0 bridgehead atoms. The van der Waals surface area contributed by atoms with Gasteiger partial charge in [0.15, 0.2) is 0 Å². The van der Waals surface area contributed by atoms with Crippen LogP contribution in [0.4, 0.5) is 11.5 Å². The molecule has 1 aromatic rings. The minimum atomic E-state index is -0.430. The average Bonchev–Trinajstić information content (AvgIpc) is 2.42. The van der Waals surface area contributed by atoms with E-state index >= 15 is 0 Å². The van der Waals surface area contributed by atoms with Gasteiger partial charge >= 0.3 is 5.97 Å². The zero-order valence-corrected chi connectivity index (χ0v) is 11.5. The summed E-state index contributed by atoms with van der Waals surface area (Å²) in [6, 6.07) is 2.09. The molecule has 0 spiro atoms. The maximum absolute atomic E-state index is 11.6. The van der Waals surface area contributed by atoms with Crippen molar-refractivity contribution in [2.75, 3.05) is 18.2 Å². The van der Waals surface area contributed by atoms with Crippen LogP contribution in [0, 0.1) is 5.92 Å². The maximum atomic E-state index is 11.6. The molecule has 5 heteroatoms. The van der Waals surface area contributed by atoms with Gasteiger partial charge in [-0.3, -0.25) is 0 Å². The van der Waals surface area contributed by atoms with Crippen LogP contribution in [-0.4, -0.2) is 24.1 Å². The van der Waals surface area contributed by atoms with E-state index in [9.17, 15) is 4.79 Å². The zero-order chi connectivity index (χ0) is 13.8. The Balaban J connectivity index is 2.06. The number of anilines is 2. The van der Waals surface area contributed by atoms with Crippen LogP contribution >= 0.6 is 0 Å². The van der Waals surface area contributed by atoms with Crippen molar-refractivity contribution >= 4 is 17.5 Å². The maximum Gasteiger partial charge on any atom is 0.340 e. The molecule has 0 amide bonds. The first-order valence-electron chi connectivity index (χ1n) is 6.70. The lowest BCUT2D eigenvalue weighted by molar-refractivity contribution is 0.0602. The van der Waals surface area contributed by atoms with Crippen LogP contribution in [0.15, 0.2) is 12.3 Å². The summed E-state index contributed by atoms with van der Waals surface area (Å²) in [5, 5.41) is 3.37. The van der Waals surface area contributed by atoms with Gasteiger partial charge in [-0.05, 0) is 37.7 Å². The fraction of sp³-hybridized carbons (Fsp3) is 0.571. The monoisotopic (exact) mass is 263 g/mol. The molecular formula is C14H21N3O2. The van der Waals surface area contributed by atoms with E-state index in [1.165, 1.54) is 26.1 Å². The van der Waals surface area contributed by atoms with E-state index in [1.54, 1.807) is 6.07 Å². The first-order chi connectivity index (χ1) is 9.10. The number of methoxy groups -OCH3 is 1. The van der Waals surface area contributed by atoms with Crippen LogP contribution in [0.5, 0.6) is 0 Å². The van der Waals surface area contributed by atoms with Crippen LogP contribution in [0.2, 0.25) is 0 Å². The lowest BCUT2D eigenvalue weighted by atomic mass is 9.87. The molecule has 1 heterocycles. The number of nitrogens with one attached hydrogen (secondary N) is 1. The molecule has 0 unspecified atom stereocenters. The van der Waals surface area contributed by atoms with Gasteiger partial charge in [0.25, 0.3) is 0 Å². The van der Waals surface area contributed by atoms with Crippen LogP contribution in [0.3, 0.4) is 0 Å². The Hall–Kier alpha value is -1.78. The average molecular weight is 263 g/mol. The van der Waals surface area contributed by atoms with Gasteiger partial charge in [-0.2, -0.15) is 0 Å². The number of pyridine rings is 1. The molecule has 0 aromatic carbocycles. The highest BCUT2D eigenvalue weighted by atomic mass is 16.5. The number of esters is 1. The highest BCUT2D eigenvalue weighted by Gasteiger charge is 2.19. The summed E-state index contributed by atoms with van der Waals surface area (Å²) >= 11 is 0. The first kappa shape index (κ1) is 13.6. The van der Waals surface area contributed by atoms with Crippen molar-refractivity contribution in [1.29, 1.82) is 0 Å². The van der Waals surface area contributed by atoms with E-state index in [0.29, 0.717) is 23.1 Å². The highest BCUT2D eigenvalue weighted by Crippen LogP contribution is 2.26. The van der Waals surface area contributed by atoms with Crippen molar-refractivity contribution in [3.05, 3.63) is 17.8 Å². The fourth-order valence-electron chi connectivity index (χ4n) is 2.45. The predicted molar refractivity (Wildman–Crippen MR) is 75.0 cm³/mol. The predicted octanol–water partition coefficient (Wildman–Crippen LogP) is 2.44. The van der Waals surface area contributed by atoms with Crippen LogP contribution < -0.4 is 11.1 Å². The number of nitrogens with zero attached hydrogens (tertiary/aromatic N) is 1. The summed E-state index contributed by atoms with van der Waals surface area (Å²) < 4.78 is 4.70. The second-order valence-electron chi connectivity index (χ2n) is 5.25. The van der Waals surface area contributed by atoms with Gasteiger partial charge in [-0.1, -0.05) is 6.92 Å². The van der Waals surface area contributed by atoms with Crippen molar-refractivity contribution in [1.82, 2.24) is 4.98 Å². The van der Waals surface area contributed by atoms with Crippen molar-refractivity contribution in [3.8, 4) is 0 Å². The second kappa shape index (κ2) is 5.91. The second-order valence-corrected chi connectivity index (χ2v) is 5.25. The number of hydrogen-bond acceptors (Lipinski definition) is 5. The van der Waals surface area contributed by atoms with Crippen molar-refractivity contribution in [3.63, 3.8) is 0 Å². The number of rotatable bonds is 3. The molecule has 0 saturated heterocycles. The molecule has 1 fully saturated rings. The Labute approximate surface area is 113 Å². The minimum absolute atomic E-state index is 0.342. The Bertz CT molecular complexity index is 454. The third-order valence-electron chi connectivity index (χ3n) is 3.71. The molecule has 0 radical (unpaired) electrons. The Morgan fingerprint density at radius 3 is 2.74 bits per heavy atom. The van der Waals surface area contributed by atoms with E-state index in [2.05, 4.69) is 17.2 Å². The molecular weight excluding hydrogens is 242 g/mol. The number of nitrogen functional groups attached to an aromatic ring is 1. The van der Waals surface area contributed by atoms with Crippen molar-refractivity contribution < 1.29 is 9.53 Å². The largest absolute Gasteiger partial charge is 0.465 e. The zero-order valence-electron chi connectivity index (χ0n) is 11.5. The summed E-state index contributed by atoms with van der Waals surface area (Å²) in [5.41, 5.74) is 6.43. The molecule has 1 aliphatic rings. The van der Waals surface area contributed by atoms with Gasteiger partial charge < -0.3 is 15.8 Å². The van der Waals surface area contributed by atoms with E-state index in [4.69, 9.17) is 10.5 Å². The molecule has 3 N–H and O–H groups in total. The van der Waals surface area contributed by atoms with Crippen LogP contribution in [-0.2, 0) is 4.74 Å². The smallest absolute Gasteiger partial charge is 0.340 e. The lowest BCUT2D eigenvalue weighted by Gasteiger charge is -2.27. The highest BCUT2D eigenvalue weighted by molar-refractivity contribution is 5.95. The molecule has 5 nitrogen and oxygen atoms in total. The fourth-order valence-corrected chi connectivity index (χ4v) is 2.45. The summed E-state index contributed by atoms with van der Waals surface area (Å²) in [7, 11) is 1.35. The summed E-state index contributed by atoms with van der Waals surface area (Å²) in [4.78, 5) is 15.8. The van der Waals surface area contributed by atoms with Gasteiger partial charge in [0.05, 0.1) is 24.6 Å². The van der Waals surface area contributed by atoms with Gasteiger partial charge in [0, 0.05) is 6.04 Å². The van der Waals surface area contributed by atoms with E-state index < -0.39 is 5.97 Å². The number of carbonyl (C=O) groups excluding carboxylic acids is 1. The summed E-state index contributed by atoms with van der Waals surface area (Å²) in [5.74, 6) is 1.07. The van der Waals surface area contributed by atoms with Gasteiger partial charge in [0.2, 0.25) is 0 Å². The Morgan fingerprint density at radius 2 is 2.11 bits per heavy atom. The topological polar surface area (TPSA) is 77.2 Å². The number of hydrogen-bond donors (Lipinski definition) is 2. The van der Waals surface area contributed by atoms with Crippen LogP contribution in [0.1, 0.15) is 43.0 Å². The molecule has 19 heavy (non-hydrogen) atoms. The summed E-state index contributed by atoms with van der Waals surface area (Å²) in [6.45, 7) is 2.28. The van der Waals surface area contributed by atoms with Crippen LogP contribution in [0.25, 0.3) is 0 Å². The van der Waals surface area contributed by atoms with Crippen molar-refractivity contribution in [2.45, 2.75) is 38.6 Å². The molecule has 1 saturated carbocycles. The third-order valence-corrected chi connectivity index (χ3v) is 3.71. The SMILES string of the molecule is COC(=O)c1cc(NC2CCC(C)CC2)ncc1N. The molecule has 0 aliphatic heterocycles. The third kappa shape index (κ3) is 3.36. The first-order valence-corrected chi connectivity index (χ1v) is 6.70. The quantitative estimate of drug-likeness (QED) is 0.819. The molecule has 0 atom stereocenters. The van der Waals surface area contributed by atoms with E-state index in [0.717, 1.165) is 18.8 Å². The minimum Gasteiger partial charge on any atom is -0.465 e. The molecule has 104 valence electrons. The lowest BCUT2D eigenvalue weighted by Crippen LogP contribution is -2.25. The number of nitrogens with two attached hydrogens (primary N) is 1. The standard InChI is InChI=1S/C14H21N3O2/c1-9-3-5-10(6-4-9)17-13-7-11(14(18)19-2)12(15)8-16-13/h7-10H,3-6,15H2,1-2H3,(H,16,17). The molecule has 1 aromatic heterocycles. The van der Waals surface area contributed by atoms with E-state index in [-0.39, 0.29) is 0 Å². The number of ether oxygens (including phenoxy) is 1. The van der Waals surface area contributed by atoms with Gasteiger partial charge in [-0.25, -0.2) is 9.78 Å². The Kier molecular flexibility index (Phi) is 4.24. The Morgan fingerprint density at radius 1 is 1.42 bits per heavy atom. The van der Waals surface area contributed by atoms with E-state index in [1.807, 2.05) is 0 Å². The van der Waals surface area contributed by atoms with Crippen molar-refractivity contribution in [2.24, 2.45) is 5.92 Å². The number of carbonyl (C=O) groups is 1. The molecule has 2 rings (SSSR count). The van der Waals surface area contributed by atoms with Gasteiger partial charge in [0.1, 0.15) is 5.82 Å².